The summed E-state index contributed by atoms with van der Waals surface area (Å²) in [5.74, 6) is 1.41. The van der Waals surface area contributed by atoms with E-state index in [0.29, 0.717) is 49.6 Å². The summed E-state index contributed by atoms with van der Waals surface area (Å²) in [5.41, 5.74) is 6.76. The van der Waals surface area contributed by atoms with Gasteiger partial charge in [-0.05, 0) is 79.3 Å². The molecule has 0 saturated carbocycles. The van der Waals surface area contributed by atoms with Crippen molar-refractivity contribution in [1.82, 2.24) is 34.6 Å². The number of aromatic amines is 2. The molecule has 2 amide bonds. The number of hydrogen-bond donors (Lipinski definition) is 3. The minimum Gasteiger partial charge on any atom is -0.390 e. The molecule has 0 radical (unpaired) electrons. The van der Waals surface area contributed by atoms with Crippen molar-refractivity contribution in [3.05, 3.63) is 143 Å². The summed E-state index contributed by atoms with van der Waals surface area (Å²) < 4.78 is 0. The monoisotopic (exact) mass is 880 g/mol. The zero-order valence-corrected chi connectivity index (χ0v) is 36.8. The Bertz CT molecular complexity index is 2570. The highest BCUT2D eigenvalue weighted by atomic mass is 35.5. The smallest absolute Gasteiger partial charge is 0.252 e. The van der Waals surface area contributed by atoms with Crippen LogP contribution in [0, 0.1) is 0 Å². The second-order valence-corrected chi connectivity index (χ2v) is 17.6. The SMILES string of the molecule is COO/C=N\[C@@H](C(=O)N1CCC[C@H]1c1ncc(-c2ccc(-c3ccc(-c4cnc([C@@H]5CCCN5C(=O)[C@@H](c5ccccc5)N5CCC(C)(O)CC5)[nH]4)cc3)cc2)[nH]1)c1ccccc1Cl. The Morgan fingerprint density at radius 3 is 1.81 bits per heavy atom. The predicted octanol–water partition coefficient (Wildman–Crippen LogP) is 9.05. The number of amides is 2. The van der Waals surface area contributed by atoms with Gasteiger partial charge in [0.25, 0.3) is 5.91 Å². The van der Waals surface area contributed by atoms with Crippen LogP contribution < -0.4 is 0 Å². The zero-order valence-electron chi connectivity index (χ0n) is 36.1. The molecule has 0 aliphatic carbocycles. The molecular formula is C50H53ClN8O5. The number of likely N-dealkylation sites (tertiary alicyclic amines) is 3. The predicted molar refractivity (Wildman–Crippen MR) is 246 cm³/mol. The average Bonchev–Trinajstić information content (AvgIpc) is 4.17. The Labute approximate surface area is 378 Å². The molecule has 0 bridgehead atoms. The van der Waals surface area contributed by atoms with E-state index in [1.54, 1.807) is 12.1 Å². The lowest BCUT2D eigenvalue weighted by molar-refractivity contribution is -0.188. The summed E-state index contributed by atoms with van der Waals surface area (Å²) >= 11 is 6.51. The van der Waals surface area contributed by atoms with Crippen molar-refractivity contribution in [3.8, 4) is 33.6 Å². The molecule has 3 fully saturated rings. The number of carbonyl (C=O) groups is 2. The number of imidazole rings is 2. The fourth-order valence-corrected chi connectivity index (χ4v) is 9.68. The number of rotatable bonds is 13. The standard InChI is InChI=1S/C50H53ClN8O5/c1-50(62)24-28-57(29-25-50)45(37-10-4-3-5-11-37)49(61)59-27-9-15-43(59)47-53-31-41(56-47)36-22-18-34(19-23-36)33-16-20-35(21-17-33)40-30-52-46(55-40)42-14-8-26-58(42)48(60)44(54-32-64-63-2)38-12-6-7-13-39(38)51/h3-7,10-13,16-23,30-32,42-45,62H,8-9,14-15,24-29H2,1-2H3,(H,52,55)(H,53,56)/b54-32-/t42-,43-,44+,45+/m0/s1. The maximum atomic E-state index is 14.5. The van der Waals surface area contributed by atoms with Gasteiger partial charge in [-0.25, -0.2) is 15.0 Å². The lowest BCUT2D eigenvalue weighted by Gasteiger charge is -2.41. The number of aliphatic hydroxyl groups is 1. The van der Waals surface area contributed by atoms with E-state index >= 15 is 0 Å². The Hall–Kier alpha value is -6.12. The maximum Gasteiger partial charge on any atom is 0.252 e. The largest absolute Gasteiger partial charge is 0.390 e. The molecule has 330 valence electrons. The van der Waals surface area contributed by atoms with Gasteiger partial charge in [0, 0.05) is 36.8 Å². The van der Waals surface area contributed by atoms with Crippen LogP contribution in [0.3, 0.4) is 0 Å². The van der Waals surface area contributed by atoms with E-state index in [4.69, 9.17) is 26.5 Å². The van der Waals surface area contributed by atoms with Crippen LogP contribution >= 0.6 is 11.6 Å². The van der Waals surface area contributed by atoms with Gasteiger partial charge in [-0.3, -0.25) is 14.5 Å². The summed E-state index contributed by atoms with van der Waals surface area (Å²) in [6, 6.07) is 32.3. The van der Waals surface area contributed by atoms with Crippen LogP contribution in [0.2, 0.25) is 5.02 Å². The molecule has 2 aromatic heterocycles. The number of piperidine rings is 1. The number of aromatic nitrogens is 4. The highest BCUT2D eigenvalue weighted by Gasteiger charge is 2.41. The quantitative estimate of drug-likeness (QED) is 0.0450. The normalized spacial score (nSPS) is 19.9. The third-order valence-electron chi connectivity index (χ3n) is 13.0. The number of hydrogen-bond acceptors (Lipinski definition) is 9. The van der Waals surface area contributed by atoms with Gasteiger partial charge in [-0.1, -0.05) is 109 Å². The molecule has 5 heterocycles. The molecule has 0 spiro atoms. The number of aliphatic imine (C=N–C) groups is 1. The van der Waals surface area contributed by atoms with Gasteiger partial charge in [-0.2, -0.15) is 4.89 Å². The van der Waals surface area contributed by atoms with Crippen molar-refractivity contribution in [2.24, 2.45) is 4.99 Å². The van der Waals surface area contributed by atoms with Crippen LogP contribution in [-0.4, -0.2) is 96.8 Å². The van der Waals surface area contributed by atoms with E-state index in [1.165, 1.54) is 7.11 Å². The lowest BCUT2D eigenvalue weighted by atomic mass is 9.91. The molecule has 14 heteroatoms. The summed E-state index contributed by atoms with van der Waals surface area (Å²) in [6.07, 6.45) is 9.42. The lowest BCUT2D eigenvalue weighted by Crippen LogP contribution is -2.49. The van der Waals surface area contributed by atoms with Crippen LogP contribution in [0.15, 0.2) is 121 Å². The Kier molecular flexibility index (Phi) is 12.8. The zero-order chi connectivity index (χ0) is 44.2. The highest BCUT2D eigenvalue weighted by Crippen LogP contribution is 2.39. The number of benzene rings is 4. The minimum atomic E-state index is -0.900. The molecule has 0 unspecified atom stereocenters. The summed E-state index contributed by atoms with van der Waals surface area (Å²) in [6.45, 7) is 4.45. The molecular weight excluding hydrogens is 828 g/mol. The Morgan fingerprint density at radius 2 is 1.27 bits per heavy atom. The molecule has 64 heavy (non-hydrogen) atoms. The van der Waals surface area contributed by atoms with Crippen molar-refractivity contribution in [1.29, 1.82) is 0 Å². The first-order valence-electron chi connectivity index (χ1n) is 22.1. The molecule has 4 atom stereocenters. The van der Waals surface area contributed by atoms with E-state index in [1.807, 2.05) is 71.6 Å². The molecule has 3 N–H and O–H groups in total. The van der Waals surface area contributed by atoms with E-state index in [-0.39, 0.29) is 23.9 Å². The molecule has 13 nitrogen and oxygen atoms in total. The second kappa shape index (κ2) is 18.9. The van der Waals surface area contributed by atoms with Crippen LogP contribution in [0.5, 0.6) is 0 Å². The van der Waals surface area contributed by atoms with Gasteiger partial charge >= 0.3 is 0 Å². The maximum absolute atomic E-state index is 14.5. The molecule has 3 saturated heterocycles. The summed E-state index contributed by atoms with van der Waals surface area (Å²) in [4.78, 5) is 65.1. The van der Waals surface area contributed by atoms with Gasteiger partial charge in [0.05, 0.1) is 48.6 Å². The summed E-state index contributed by atoms with van der Waals surface area (Å²) in [7, 11) is 1.37. The van der Waals surface area contributed by atoms with Crippen LogP contribution in [-0.2, 0) is 19.4 Å². The van der Waals surface area contributed by atoms with Crippen molar-refractivity contribution in [2.45, 2.75) is 75.2 Å². The first-order chi connectivity index (χ1) is 31.2. The number of nitrogens with zero attached hydrogens (tertiary/aromatic N) is 6. The number of carbonyl (C=O) groups excluding carboxylic acids is 2. The third kappa shape index (κ3) is 9.12. The molecule has 6 aromatic rings. The van der Waals surface area contributed by atoms with Crippen LogP contribution in [0.1, 0.15) is 92.4 Å². The van der Waals surface area contributed by atoms with E-state index < -0.39 is 17.7 Å². The minimum absolute atomic E-state index is 0.0868. The van der Waals surface area contributed by atoms with Crippen molar-refractivity contribution < 1.29 is 24.5 Å². The van der Waals surface area contributed by atoms with Crippen molar-refractivity contribution in [2.75, 3.05) is 33.3 Å². The van der Waals surface area contributed by atoms with E-state index in [2.05, 4.69) is 73.3 Å². The molecule has 4 aromatic carbocycles. The Balaban J connectivity index is 0.860. The first kappa shape index (κ1) is 43.1. The number of halogens is 1. The molecule has 3 aliphatic heterocycles. The van der Waals surface area contributed by atoms with E-state index in [9.17, 15) is 14.7 Å². The molecule has 9 rings (SSSR count). The summed E-state index contributed by atoms with van der Waals surface area (Å²) in [5, 5.41) is 11.1. The van der Waals surface area contributed by atoms with Gasteiger partial charge in [0.2, 0.25) is 12.3 Å². The second-order valence-electron chi connectivity index (χ2n) is 17.2. The van der Waals surface area contributed by atoms with Crippen molar-refractivity contribution in [3.63, 3.8) is 0 Å². The average molecular weight is 881 g/mol. The molecule has 3 aliphatic rings. The fraction of sp³-hybridized carbons (Fsp3) is 0.340. The first-order valence-corrected chi connectivity index (χ1v) is 22.4. The fourth-order valence-electron chi connectivity index (χ4n) is 9.45. The van der Waals surface area contributed by atoms with Gasteiger partial charge in [0.15, 0.2) is 6.04 Å². The van der Waals surface area contributed by atoms with Crippen molar-refractivity contribution >= 4 is 29.8 Å². The van der Waals surface area contributed by atoms with E-state index in [0.717, 1.165) is 82.9 Å². The topological polar surface area (TPSA) is 152 Å². The number of nitrogens with one attached hydrogen (secondary N) is 2. The van der Waals surface area contributed by atoms with Gasteiger partial charge < -0.3 is 29.8 Å². The highest BCUT2D eigenvalue weighted by molar-refractivity contribution is 6.31. The van der Waals surface area contributed by atoms with Crippen LogP contribution in [0.4, 0.5) is 0 Å². The number of H-pyrrole nitrogens is 2. The van der Waals surface area contributed by atoms with Gasteiger partial charge in [0.1, 0.15) is 17.7 Å². The van der Waals surface area contributed by atoms with Crippen LogP contribution in [0.25, 0.3) is 33.6 Å². The third-order valence-corrected chi connectivity index (χ3v) is 13.3. The Morgan fingerprint density at radius 1 is 0.750 bits per heavy atom. The van der Waals surface area contributed by atoms with Gasteiger partial charge in [-0.15, -0.1) is 0 Å².